The van der Waals surface area contributed by atoms with Gasteiger partial charge in [-0.3, -0.25) is 4.79 Å². The molecule has 0 spiro atoms. The molecule has 1 saturated heterocycles. The molecule has 0 radical (unpaired) electrons. The van der Waals surface area contributed by atoms with Crippen molar-refractivity contribution in [2.75, 3.05) is 6.61 Å². The first-order chi connectivity index (χ1) is 7.61. The molecule has 1 N–H and O–H groups in total. The Morgan fingerprint density at radius 1 is 1.25 bits per heavy atom. The van der Waals surface area contributed by atoms with Gasteiger partial charge in [0.2, 0.25) is 5.78 Å². The fourth-order valence-electron chi connectivity index (χ4n) is 2.20. The minimum atomic E-state index is -0.232. The van der Waals surface area contributed by atoms with Crippen molar-refractivity contribution in [3.8, 4) is 0 Å². The molecule has 2 rings (SSSR count). The molecule has 0 aromatic carbocycles. The maximum absolute atomic E-state index is 12.2. The van der Waals surface area contributed by atoms with E-state index in [0.717, 1.165) is 36.2 Å². The van der Waals surface area contributed by atoms with Crippen LogP contribution < -0.4 is 0 Å². The lowest BCUT2D eigenvalue weighted by Crippen LogP contribution is -2.28. The molecule has 0 aliphatic carbocycles. The summed E-state index contributed by atoms with van der Waals surface area (Å²) in [6.45, 7) is 6.75. The van der Waals surface area contributed by atoms with Crippen LogP contribution in [0.1, 0.15) is 46.6 Å². The first-order valence-electron chi connectivity index (χ1n) is 5.93. The molecule has 1 aliphatic rings. The van der Waals surface area contributed by atoms with Crippen molar-refractivity contribution in [2.45, 2.75) is 46.1 Å². The van der Waals surface area contributed by atoms with Gasteiger partial charge in [0.1, 0.15) is 6.10 Å². The number of ether oxygens (including phenoxy) is 1. The number of ketones is 1. The molecule has 3 heteroatoms. The monoisotopic (exact) mass is 221 g/mol. The number of carbonyl (C=O) groups is 1. The number of rotatable bonds is 2. The van der Waals surface area contributed by atoms with Gasteiger partial charge in [-0.1, -0.05) is 0 Å². The first kappa shape index (κ1) is 11.4. The number of H-pyrrole nitrogens is 1. The zero-order valence-corrected chi connectivity index (χ0v) is 10.2. The molecule has 88 valence electrons. The second kappa shape index (κ2) is 4.42. The molecule has 1 aromatic heterocycles. The summed E-state index contributed by atoms with van der Waals surface area (Å²) in [6.07, 6.45) is 2.79. The van der Waals surface area contributed by atoms with Gasteiger partial charge in [-0.15, -0.1) is 0 Å². The summed E-state index contributed by atoms with van der Waals surface area (Å²) in [7, 11) is 0. The number of aromatic amines is 1. The zero-order valence-electron chi connectivity index (χ0n) is 10.2. The van der Waals surface area contributed by atoms with Crippen molar-refractivity contribution in [1.29, 1.82) is 0 Å². The molecular formula is C13H19NO2. The maximum Gasteiger partial charge on any atom is 0.207 e. The third-order valence-corrected chi connectivity index (χ3v) is 3.53. The molecule has 1 unspecified atom stereocenters. The smallest absolute Gasteiger partial charge is 0.207 e. The number of Topliss-reactive ketones (excluding diaryl/α,β-unsaturated/α-hetero) is 1. The summed E-state index contributed by atoms with van der Waals surface area (Å²) >= 11 is 0. The molecule has 1 fully saturated rings. The molecule has 1 aliphatic heterocycles. The SMILES string of the molecule is Cc1[nH]c(C(=O)C2CCCCO2)c(C)c1C. The van der Waals surface area contributed by atoms with Crippen LogP contribution in [0.4, 0.5) is 0 Å². The summed E-state index contributed by atoms with van der Waals surface area (Å²) in [6, 6.07) is 0. The standard InChI is InChI=1S/C13H19NO2/c1-8-9(2)12(14-10(8)3)13(15)11-6-4-5-7-16-11/h11,14H,4-7H2,1-3H3. The topological polar surface area (TPSA) is 42.1 Å². The Labute approximate surface area is 96.2 Å². The van der Waals surface area contributed by atoms with Crippen LogP contribution in [0.3, 0.4) is 0 Å². The van der Waals surface area contributed by atoms with Gasteiger partial charge < -0.3 is 9.72 Å². The van der Waals surface area contributed by atoms with Crippen LogP contribution in [-0.2, 0) is 4.74 Å². The second-order valence-corrected chi connectivity index (χ2v) is 4.59. The van der Waals surface area contributed by atoms with E-state index in [1.165, 1.54) is 5.56 Å². The van der Waals surface area contributed by atoms with Crippen molar-refractivity contribution < 1.29 is 9.53 Å². The van der Waals surface area contributed by atoms with Crippen LogP contribution >= 0.6 is 0 Å². The third kappa shape index (κ3) is 1.92. The number of aryl methyl sites for hydroxylation is 1. The Morgan fingerprint density at radius 2 is 2.00 bits per heavy atom. The van der Waals surface area contributed by atoms with Gasteiger partial charge in [0.25, 0.3) is 0 Å². The highest BCUT2D eigenvalue weighted by Gasteiger charge is 2.26. The van der Waals surface area contributed by atoms with E-state index in [0.29, 0.717) is 6.61 Å². The van der Waals surface area contributed by atoms with E-state index >= 15 is 0 Å². The van der Waals surface area contributed by atoms with E-state index in [4.69, 9.17) is 4.74 Å². The molecule has 0 bridgehead atoms. The number of hydrogen-bond donors (Lipinski definition) is 1. The highest BCUT2D eigenvalue weighted by molar-refractivity contribution is 5.99. The minimum absolute atomic E-state index is 0.119. The second-order valence-electron chi connectivity index (χ2n) is 4.59. The fraction of sp³-hybridized carbons (Fsp3) is 0.615. The average molecular weight is 221 g/mol. The van der Waals surface area contributed by atoms with E-state index in [1.54, 1.807) is 0 Å². The highest BCUT2D eigenvalue weighted by atomic mass is 16.5. The highest BCUT2D eigenvalue weighted by Crippen LogP contribution is 2.22. The summed E-state index contributed by atoms with van der Waals surface area (Å²) in [5, 5.41) is 0. The molecule has 16 heavy (non-hydrogen) atoms. The van der Waals surface area contributed by atoms with Crippen molar-refractivity contribution in [3.63, 3.8) is 0 Å². The van der Waals surface area contributed by atoms with Gasteiger partial charge in [-0.05, 0) is 51.2 Å². The van der Waals surface area contributed by atoms with E-state index < -0.39 is 0 Å². The van der Waals surface area contributed by atoms with E-state index in [2.05, 4.69) is 4.98 Å². The Morgan fingerprint density at radius 3 is 2.50 bits per heavy atom. The summed E-state index contributed by atoms with van der Waals surface area (Å²) in [5.41, 5.74) is 4.06. The molecular weight excluding hydrogens is 202 g/mol. The van der Waals surface area contributed by atoms with Gasteiger partial charge >= 0.3 is 0 Å². The lowest BCUT2D eigenvalue weighted by Gasteiger charge is -2.21. The third-order valence-electron chi connectivity index (χ3n) is 3.53. The Kier molecular flexibility index (Phi) is 3.15. The predicted octanol–water partition coefficient (Wildman–Crippen LogP) is 2.69. The van der Waals surface area contributed by atoms with Gasteiger partial charge in [-0.25, -0.2) is 0 Å². The van der Waals surface area contributed by atoms with Crippen LogP contribution in [0.2, 0.25) is 0 Å². The van der Waals surface area contributed by atoms with Gasteiger partial charge in [0, 0.05) is 12.3 Å². The van der Waals surface area contributed by atoms with Crippen molar-refractivity contribution in [2.24, 2.45) is 0 Å². The number of nitrogens with one attached hydrogen (secondary N) is 1. The van der Waals surface area contributed by atoms with E-state index in [-0.39, 0.29) is 11.9 Å². The number of carbonyl (C=O) groups excluding carboxylic acids is 1. The molecule has 3 nitrogen and oxygen atoms in total. The van der Waals surface area contributed by atoms with E-state index in [9.17, 15) is 4.79 Å². The zero-order chi connectivity index (χ0) is 11.7. The largest absolute Gasteiger partial charge is 0.370 e. The normalized spacial score (nSPS) is 21.1. The molecule has 1 atom stereocenters. The Balaban J connectivity index is 2.22. The van der Waals surface area contributed by atoms with Crippen LogP contribution in [0.25, 0.3) is 0 Å². The van der Waals surface area contributed by atoms with Crippen molar-refractivity contribution in [1.82, 2.24) is 4.98 Å². The molecule has 0 saturated carbocycles. The quantitative estimate of drug-likeness (QED) is 0.780. The van der Waals surface area contributed by atoms with E-state index in [1.807, 2.05) is 20.8 Å². The summed E-state index contributed by atoms with van der Waals surface area (Å²) in [5.74, 6) is 0.119. The summed E-state index contributed by atoms with van der Waals surface area (Å²) < 4.78 is 5.53. The van der Waals surface area contributed by atoms with Crippen LogP contribution in [0, 0.1) is 20.8 Å². The lowest BCUT2D eigenvalue weighted by molar-refractivity contribution is 0.0183. The molecule has 0 amide bonds. The summed E-state index contributed by atoms with van der Waals surface area (Å²) in [4.78, 5) is 15.4. The van der Waals surface area contributed by atoms with Crippen molar-refractivity contribution >= 4 is 5.78 Å². The van der Waals surface area contributed by atoms with Crippen LogP contribution in [-0.4, -0.2) is 23.5 Å². The van der Waals surface area contributed by atoms with Crippen LogP contribution in [0.5, 0.6) is 0 Å². The Bertz CT molecular complexity index is 400. The molecule has 2 heterocycles. The number of hydrogen-bond acceptors (Lipinski definition) is 2. The minimum Gasteiger partial charge on any atom is -0.370 e. The van der Waals surface area contributed by atoms with Gasteiger partial charge in [0.15, 0.2) is 0 Å². The van der Waals surface area contributed by atoms with Crippen molar-refractivity contribution in [3.05, 3.63) is 22.5 Å². The predicted molar refractivity (Wildman–Crippen MR) is 62.9 cm³/mol. The van der Waals surface area contributed by atoms with Crippen LogP contribution in [0.15, 0.2) is 0 Å². The Hall–Kier alpha value is -1.09. The first-order valence-corrected chi connectivity index (χ1v) is 5.93. The number of aromatic nitrogens is 1. The van der Waals surface area contributed by atoms with Gasteiger partial charge in [0.05, 0.1) is 5.69 Å². The maximum atomic E-state index is 12.2. The fourth-order valence-corrected chi connectivity index (χ4v) is 2.20. The average Bonchev–Trinajstić information content (AvgIpc) is 2.57. The molecule has 1 aromatic rings. The lowest BCUT2D eigenvalue weighted by atomic mass is 10.0. The van der Waals surface area contributed by atoms with Gasteiger partial charge in [-0.2, -0.15) is 0 Å².